The molecule has 0 radical (unpaired) electrons. The first-order valence-electron chi connectivity index (χ1n) is 6.50. The van der Waals surface area contributed by atoms with E-state index in [1.807, 2.05) is 0 Å². The Labute approximate surface area is 124 Å². The van der Waals surface area contributed by atoms with Crippen molar-refractivity contribution in [1.82, 2.24) is 20.2 Å². The van der Waals surface area contributed by atoms with E-state index in [1.165, 1.54) is 23.7 Å². The van der Waals surface area contributed by atoms with E-state index in [-0.39, 0.29) is 11.5 Å². The molecule has 1 aromatic carbocycles. The van der Waals surface area contributed by atoms with Crippen LogP contribution in [0.3, 0.4) is 0 Å². The van der Waals surface area contributed by atoms with Crippen LogP contribution in [0.1, 0.15) is 25.5 Å². The zero-order valence-corrected chi connectivity index (χ0v) is 11.8. The van der Waals surface area contributed by atoms with Crippen molar-refractivity contribution in [3.8, 4) is 0 Å². The molecule has 1 aliphatic heterocycles. The number of nitrogens with zero attached hydrogens (tertiary/aromatic N) is 5. The largest absolute Gasteiger partial charge is 0.327 e. The molecule has 1 unspecified atom stereocenters. The van der Waals surface area contributed by atoms with E-state index in [4.69, 9.17) is 0 Å². The van der Waals surface area contributed by atoms with Crippen molar-refractivity contribution < 1.29 is 9.72 Å². The molecule has 0 fully saturated rings. The summed E-state index contributed by atoms with van der Waals surface area (Å²) in [5.74, 6) is 0.238. The molecule has 2 heterocycles. The molecule has 1 aliphatic rings. The summed E-state index contributed by atoms with van der Waals surface area (Å²) in [6.45, 7) is 3.19. The van der Waals surface area contributed by atoms with Crippen molar-refractivity contribution >= 4 is 17.4 Å². The molecular weight excluding hydrogens is 288 g/mol. The fourth-order valence-corrected chi connectivity index (χ4v) is 2.59. The Bertz CT molecular complexity index is 810. The standard InChI is InChI=1S/C13H12N6O3/c1-7-11(8(2)20)12(18-13(14-7)15-16-17-18)9-4-3-5-10(6-9)19(21)22/h3-6,12H,1-2H3,(H,14,15,17). The minimum Gasteiger partial charge on any atom is -0.327 e. The first-order chi connectivity index (χ1) is 10.5. The van der Waals surface area contributed by atoms with Gasteiger partial charge in [0.15, 0.2) is 5.78 Å². The Morgan fingerprint density at radius 3 is 2.91 bits per heavy atom. The molecule has 0 saturated heterocycles. The number of Topliss-reactive ketones (excluding diaryl/α,β-unsaturated/α-hetero) is 1. The van der Waals surface area contributed by atoms with Crippen LogP contribution in [0.4, 0.5) is 11.6 Å². The van der Waals surface area contributed by atoms with E-state index in [0.29, 0.717) is 22.8 Å². The Morgan fingerprint density at radius 2 is 2.23 bits per heavy atom. The summed E-state index contributed by atoms with van der Waals surface area (Å²) in [6, 6.07) is 5.52. The number of tetrazole rings is 1. The maximum atomic E-state index is 12.0. The van der Waals surface area contributed by atoms with Gasteiger partial charge >= 0.3 is 0 Å². The van der Waals surface area contributed by atoms with Gasteiger partial charge in [0.2, 0.25) is 5.95 Å². The highest BCUT2D eigenvalue weighted by molar-refractivity contribution is 5.96. The summed E-state index contributed by atoms with van der Waals surface area (Å²) < 4.78 is 1.45. The van der Waals surface area contributed by atoms with Gasteiger partial charge in [-0.1, -0.05) is 17.2 Å². The van der Waals surface area contributed by atoms with Crippen LogP contribution in [-0.2, 0) is 4.79 Å². The van der Waals surface area contributed by atoms with Gasteiger partial charge in [-0.2, -0.15) is 4.68 Å². The van der Waals surface area contributed by atoms with Crippen LogP contribution in [-0.4, -0.2) is 30.9 Å². The van der Waals surface area contributed by atoms with Crippen LogP contribution < -0.4 is 5.32 Å². The third kappa shape index (κ3) is 2.12. The van der Waals surface area contributed by atoms with Crippen molar-refractivity contribution in [2.75, 3.05) is 5.32 Å². The molecule has 1 atom stereocenters. The lowest BCUT2D eigenvalue weighted by Crippen LogP contribution is -2.27. The zero-order chi connectivity index (χ0) is 15.9. The molecule has 0 amide bonds. The number of hydrogen-bond donors (Lipinski definition) is 1. The fourth-order valence-electron chi connectivity index (χ4n) is 2.59. The van der Waals surface area contributed by atoms with Crippen LogP contribution >= 0.6 is 0 Å². The summed E-state index contributed by atoms with van der Waals surface area (Å²) in [5.41, 5.74) is 1.63. The van der Waals surface area contributed by atoms with Gasteiger partial charge in [0.1, 0.15) is 6.04 Å². The van der Waals surface area contributed by atoms with Crippen molar-refractivity contribution in [3.05, 3.63) is 51.2 Å². The molecule has 1 N–H and O–H groups in total. The van der Waals surface area contributed by atoms with Gasteiger partial charge in [0, 0.05) is 23.4 Å². The van der Waals surface area contributed by atoms with E-state index >= 15 is 0 Å². The lowest BCUT2D eigenvalue weighted by Gasteiger charge is -2.27. The van der Waals surface area contributed by atoms with Crippen molar-refractivity contribution in [3.63, 3.8) is 0 Å². The molecule has 9 heteroatoms. The number of benzene rings is 1. The number of nitro groups is 1. The predicted octanol–water partition coefficient (Wildman–Crippen LogP) is 1.46. The predicted molar refractivity (Wildman–Crippen MR) is 76.1 cm³/mol. The summed E-state index contributed by atoms with van der Waals surface area (Å²) in [5, 5.41) is 25.3. The van der Waals surface area contributed by atoms with Crippen LogP contribution in [0, 0.1) is 10.1 Å². The summed E-state index contributed by atoms with van der Waals surface area (Å²) >= 11 is 0. The van der Waals surface area contributed by atoms with Gasteiger partial charge in [0.05, 0.1) is 4.92 Å². The van der Waals surface area contributed by atoms with Crippen molar-refractivity contribution in [2.45, 2.75) is 19.9 Å². The lowest BCUT2D eigenvalue weighted by atomic mass is 9.93. The molecule has 2 aromatic rings. The number of hydrogen-bond acceptors (Lipinski definition) is 7. The van der Waals surface area contributed by atoms with Gasteiger partial charge < -0.3 is 5.32 Å². The molecule has 22 heavy (non-hydrogen) atoms. The fraction of sp³-hybridized carbons (Fsp3) is 0.231. The normalized spacial score (nSPS) is 16.9. The average molecular weight is 300 g/mol. The Morgan fingerprint density at radius 1 is 1.45 bits per heavy atom. The maximum absolute atomic E-state index is 12.0. The first-order valence-corrected chi connectivity index (χ1v) is 6.50. The van der Waals surface area contributed by atoms with E-state index < -0.39 is 11.0 Å². The Balaban J connectivity index is 2.20. The number of fused-ring (bicyclic) bond motifs is 1. The molecule has 0 saturated carbocycles. The zero-order valence-electron chi connectivity index (χ0n) is 11.8. The highest BCUT2D eigenvalue weighted by Crippen LogP contribution is 2.35. The van der Waals surface area contributed by atoms with Crippen LogP contribution in [0.15, 0.2) is 35.5 Å². The van der Waals surface area contributed by atoms with Gasteiger partial charge in [-0.3, -0.25) is 14.9 Å². The summed E-state index contributed by atoms with van der Waals surface area (Å²) in [6.07, 6.45) is 0. The minimum atomic E-state index is -0.594. The Hall–Kier alpha value is -3.10. The van der Waals surface area contributed by atoms with Crippen LogP contribution in [0.2, 0.25) is 0 Å². The SMILES string of the molecule is CC(=O)C1=C(C)Nc2nnnn2C1c1cccc([N+](=O)[O-])c1. The summed E-state index contributed by atoms with van der Waals surface area (Å²) in [7, 11) is 0. The van der Waals surface area contributed by atoms with Gasteiger partial charge in [0.25, 0.3) is 5.69 Å². The molecule has 1 aromatic heterocycles. The second kappa shape index (κ2) is 5.02. The first kappa shape index (κ1) is 13.9. The third-order valence-electron chi connectivity index (χ3n) is 3.49. The number of non-ortho nitro benzene ring substituents is 1. The molecule has 0 aliphatic carbocycles. The topological polar surface area (TPSA) is 116 Å². The molecule has 0 spiro atoms. The molecular formula is C13H12N6O3. The van der Waals surface area contributed by atoms with Crippen LogP contribution in [0.5, 0.6) is 0 Å². The molecule has 112 valence electrons. The lowest BCUT2D eigenvalue weighted by molar-refractivity contribution is -0.384. The van der Waals surface area contributed by atoms with Gasteiger partial charge in [-0.15, -0.1) is 0 Å². The maximum Gasteiger partial charge on any atom is 0.269 e. The number of allylic oxidation sites excluding steroid dienone is 2. The number of aromatic nitrogens is 4. The number of carbonyl (C=O) groups is 1. The number of carbonyl (C=O) groups excluding carboxylic acids is 1. The van der Waals surface area contributed by atoms with Crippen molar-refractivity contribution in [1.29, 1.82) is 0 Å². The van der Waals surface area contributed by atoms with Crippen LogP contribution in [0.25, 0.3) is 0 Å². The second-order valence-electron chi connectivity index (χ2n) is 4.92. The number of rotatable bonds is 3. The summed E-state index contributed by atoms with van der Waals surface area (Å²) in [4.78, 5) is 22.5. The monoisotopic (exact) mass is 300 g/mol. The molecule has 3 rings (SSSR count). The van der Waals surface area contributed by atoms with E-state index in [9.17, 15) is 14.9 Å². The quantitative estimate of drug-likeness (QED) is 0.673. The highest BCUT2D eigenvalue weighted by Gasteiger charge is 2.32. The molecule has 9 nitrogen and oxygen atoms in total. The van der Waals surface area contributed by atoms with Gasteiger partial charge in [-0.25, -0.2) is 0 Å². The smallest absolute Gasteiger partial charge is 0.269 e. The Kier molecular flexibility index (Phi) is 3.17. The third-order valence-corrected chi connectivity index (χ3v) is 3.49. The number of nitrogens with one attached hydrogen (secondary N) is 1. The van der Waals surface area contributed by atoms with E-state index in [1.54, 1.807) is 19.1 Å². The van der Waals surface area contributed by atoms with Crippen molar-refractivity contribution in [2.24, 2.45) is 0 Å². The van der Waals surface area contributed by atoms with E-state index in [2.05, 4.69) is 20.8 Å². The molecule has 0 bridgehead atoms. The minimum absolute atomic E-state index is 0.0498. The number of anilines is 1. The number of nitro benzene ring substituents is 1. The second-order valence-corrected chi connectivity index (χ2v) is 4.92. The highest BCUT2D eigenvalue weighted by atomic mass is 16.6. The number of ketones is 1. The van der Waals surface area contributed by atoms with Gasteiger partial charge in [-0.05, 0) is 29.8 Å². The average Bonchev–Trinajstić information content (AvgIpc) is 2.93. The van der Waals surface area contributed by atoms with E-state index in [0.717, 1.165) is 0 Å².